The molecule has 0 fully saturated rings. The number of furan rings is 1. The zero-order chi connectivity index (χ0) is 41.2. The molecule has 2 aromatic heterocycles. The van der Waals surface area contributed by atoms with Crippen LogP contribution in [0.5, 0.6) is 0 Å². The predicted octanol–water partition coefficient (Wildman–Crippen LogP) is 16.1. The molecule has 4 heteroatoms. The second-order valence-corrected chi connectivity index (χ2v) is 17.8. The third-order valence-electron chi connectivity index (χ3n) is 13.6. The molecule has 1 aliphatic heterocycles. The Kier molecular flexibility index (Phi) is 7.26. The first kappa shape index (κ1) is 34.9. The highest BCUT2D eigenvalue weighted by Gasteiger charge is 2.48. The van der Waals surface area contributed by atoms with E-state index < -0.39 is 5.41 Å². The lowest BCUT2D eigenvalue weighted by molar-refractivity contribution is 0.669. The molecule has 0 unspecified atom stereocenters. The number of hydrogen-bond donors (Lipinski definition) is 0. The van der Waals surface area contributed by atoms with Gasteiger partial charge in [-0.15, -0.1) is 0 Å². The molecule has 1 aliphatic carbocycles. The molecule has 63 heavy (non-hydrogen) atoms. The highest BCUT2D eigenvalue weighted by Crippen LogP contribution is 2.62. The van der Waals surface area contributed by atoms with Crippen LogP contribution < -0.4 is 4.90 Å². The standard InChI is InChI=1S/C59H36N2OS/c1-2-16-37(17-3-1)60-49-26-10-5-19-40(49)44-36-38(32-34-51(44)60)61(52-27-15-29-54-58(52)43-20-6-11-28-53(43)62-54)50-35-33-41-39-18-4-7-22-45(39)59(48-25-14-21-42(50)57(41)48)46-23-8-12-30-55(46)63-56-31-13-9-24-47(56)59/h1-36H. The van der Waals surface area contributed by atoms with Crippen LogP contribution >= 0.6 is 11.8 Å². The minimum absolute atomic E-state index is 0.524. The number of fused-ring (bicyclic) bond motifs is 14. The smallest absolute Gasteiger partial charge is 0.137 e. The summed E-state index contributed by atoms with van der Waals surface area (Å²) in [7, 11) is 0. The summed E-state index contributed by atoms with van der Waals surface area (Å²) in [5.74, 6) is 0. The highest BCUT2D eigenvalue weighted by atomic mass is 32.2. The molecule has 0 amide bonds. The molecule has 10 aromatic carbocycles. The highest BCUT2D eigenvalue weighted by molar-refractivity contribution is 7.99. The molecule has 2 aliphatic rings. The van der Waals surface area contributed by atoms with Crippen molar-refractivity contribution in [2.24, 2.45) is 0 Å². The average molecular weight is 821 g/mol. The van der Waals surface area contributed by atoms with E-state index in [-0.39, 0.29) is 0 Å². The lowest BCUT2D eigenvalue weighted by Gasteiger charge is -2.46. The zero-order valence-corrected chi connectivity index (χ0v) is 34.8. The number of benzene rings is 10. The number of hydrogen-bond acceptors (Lipinski definition) is 3. The van der Waals surface area contributed by atoms with Gasteiger partial charge in [-0.3, -0.25) is 0 Å². The first-order valence-corrected chi connectivity index (χ1v) is 22.4. The summed E-state index contributed by atoms with van der Waals surface area (Å²) in [5.41, 5.74) is 15.8. The Balaban J connectivity index is 1.11. The maximum Gasteiger partial charge on any atom is 0.137 e. The molecule has 294 valence electrons. The second-order valence-electron chi connectivity index (χ2n) is 16.7. The molecule has 0 saturated heterocycles. The van der Waals surface area contributed by atoms with E-state index >= 15 is 0 Å². The number of anilines is 3. The SMILES string of the molecule is c1ccc(-n2c3ccccc3c3cc(N(c4ccc5c6c(cccc46)C4(c6ccccc6Sc6ccccc64)c4ccccc4-5)c4cccc5oc6ccccc6c45)ccc32)cc1. The van der Waals surface area contributed by atoms with E-state index in [1.807, 2.05) is 11.8 Å². The normalized spacial score (nSPS) is 13.5. The molecule has 0 bridgehead atoms. The molecule has 0 N–H and O–H groups in total. The first-order chi connectivity index (χ1) is 31.3. The molecule has 14 rings (SSSR count). The topological polar surface area (TPSA) is 21.3 Å². The van der Waals surface area contributed by atoms with Crippen molar-refractivity contribution in [2.45, 2.75) is 15.2 Å². The first-order valence-electron chi connectivity index (χ1n) is 21.6. The van der Waals surface area contributed by atoms with E-state index in [1.165, 1.54) is 75.7 Å². The molecular formula is C59H36N2OS. The van der Waals surface area contributed by atoms with Crippen molar-refractivity contribution in [3.8, 4) is 16.8 Å². The Morgan fingerprint density at radius 2 is 1.03 bits per heavy atom. The van der Waals surface area contributed by atoms with E-state index in [0.29, 0.717) is 0 Å². The van der Waals surface area contributed by atoms with Gasteiger partial charge in [0.25, 0.3) is 0 Å². The summed E-state index contributed by atoms with van der Waals surface area (Å²) in [4.78, 5) is 5.09. The summed E-state index contributed by atoms with van der Waals surface area (Å²) in [6.07, 6.45) is 0. The summed E-state index contributed by atoms with van der Waals surface area (Å²) >= 11 is 1.88. The van der Waals surface area contributed by atoms with E-state index in [1.54, 1.807) is 0 Å². The van der Waals surface area contributed by atoms with E-state index in [9.17, 15) is 0 Å². The van der Waals surface area contributed by atoms with Gasteiger partial charge in [0.1, 0.15) is 11.2 Å². The van der Waals surface area contributed by atoms with Crippen LogP contribution in [-0.2, 0) is 5.41 Å². The monoisotopic (exact) mass is 820 g/mol. The number of aromatic nitrogens is 1. The van der Waals surface area contributed by atoms with Gasteiger partial charge in [-0.2, -0.15) is 0 Å². The van der Waals surface area contributed by atoms with Crippen molar-refractivity contribution in [3.05, 3.63) is 241 Å². The lowest BCUT2D eigenvalue weighted by Crippen LogP contribution is -2.36. The minimum Gasteiger partial charge on any atom is -0.456 e. The fourth-order valence-corrected chi connectivity index (χ4v) is 12.4. The molecule has 3 nitrogen and oxygen atoms in total. The summed E-state index contributed by atoms with van der Waals surface area (Å²) in [6.45, 7) is 0. The van der Waals surface area contributed by atoms with Crippen molar-refractivity contribution in [1.82, 2.24) is 4.57 Å². The van der Waals surface area contributed by atoms with Crippen LogP contribution in [0.1, 0.15) is 22.3 Å². The van der Waals surface area contributed by atoms with E-state index in [0.717, 1.165) is 44.7 Å². The van der Waals surface area contributed by atoms with Crippen LogP contribution in [0.2, 0.25) is 0 Å². The van der Waals surface area contributed by atoms with E-state index in [2.05, 4.69) is 228 Å². The molecule has 0 saturated carbocycles. The summed E-state index contributed by atoms with van der Waals surface area (Å²) in [6, 6.07) is 80.4. The summed E-state index contributed by atoms with van der Waals surface area (Å²) in [5, 5.41) is 7.08. The third-order valence-corrected chi connectivity index (χ3v) is 14.8. The van der Waals surface area contributed by atoms with Gasteiger partial charge >= 0.3 is 0 Å². The van der Waals surface area contributed by atoms with Gasteiger partial charge in [-0.25, -0.2) is 0 Å². The maximum absolute atomic E-state index is 6.60. The Morgan fingerprint density at radius 1 is 0.397 bits per heavy atom. The predicted molar refractivity (Wildman–Crippen MR) is 262 cm³/mol. The summed E-state index contributed by atoms with van der Waals surface area (Å²) < 4.78 is 8.99. The average Bonchev–Trinajstić information content (AvgIpc) is 3.90. The third kappa shape index (κ3) is 4.71. The maximum atomic E-state index is 6.60. The van der Waals surface area contributed by atoms with Crippen molar-refractivity contribution in [1.29, 1.82) is 0 Å². The van der Waals surface area contributed by atoms with Crippen molar-refractivity contribution in [2.75, 3.05) is 4.90 Å². The molecule has 0 atom stereocenters. The number of para-hydroxylation sites is 3. The number of nitrogens with zero attached hydrogens (tertiary/aromatic N) is 2. The van der Waals surface area contributed by atoms with Crippen molar-refractivity contribution in [3.63, 3.8) is 0 Å². The molecule has 3 heterocycles. The molecule has 1 spiro atoms. The van der Waals surface area contributed by atoms with E-state index in [4.69, 9.17) is 4.42 Å². The van der Waals surface area contributed by atoms with Crippen LogP contribution in [0, 0.1) is 0 Å². The quantitative estimate of drug-likeness (QED) is 0.176. The van der Waals surface area contributed by atoms with Gasteiger partial charge in [0.15, 0.2) is 0 Å². The Morgan fingerprint density at radius 3 is 1.87 bits per heavy atom. The Hall–Kier alpha value is -7.79. The van der Waals surface area contributed by atoms with Gasteiger partial charge in [-0.05, 0) is 112 Å². The molecular weight excluding hydrogens is 785 g/mol. The second kappa shape index (κ2) is 13.1. The van der Waals surface area contributed by atoms with Crippen molar-refractivity contribution < 1.29 is 4.42 Å². The molecule has 12 aromatic rings. The van der Waals surface area contributed by atoms with Gasteiger partial charge < -0.3 is 13.9 Å². The zero-order valence-electron chi connectivity index (χ0n) is 34.0. The molecule has 0 radical (unpaired) electrons. The van der Waals surface area contributed by atoms with Gasteiger partial charge in [0, 0.05) is 42.7 Å². The van der Waals surface area contributed by atoms with Crippen molar-refractivity contribution >= 4 is 83.3 Å². The number of rotatable bonds is 4. The fourth-order valence-electron chi connectivity index (χ4n) is 11.2. The largest absolute Gasteiger partial charge is 0.456 e. The minimum atomic E-state index is -0.524. The van der Waals surface area contributed by atoms with Crippen LogP contribution in [0.3, 0.4) is 0 Å². The van der Waals surface area contributed by atoms with Gasteiger partial charge in [0.05, 0.1) is 33.2 Å². The van der Waals surface area contributed by atoms with Crippen LogP contribution in [0.15, 0.2) is 233 Å². The lowest BCUT2D eigenvalue weighted by atomic mass is 9.59. The van der Waals surface area contributed by atoms with Crippen LogP contribution in [0.25, 0.3) is 71.3 Å². The van der Waals surface area contributed by atoms with Crippen LogP contribution in [-0.4, -0.2) is 4.57 Å². The van der Waals surface area contributed by atoms with Gasteiger partial charge in [-0.1, -0.05) is 157 Å². The Labute approximate surface area is 368 Å². The Bertz CT molecular complexity index is 3810. The van der Waals surface area contributed by atoms with Gasteiger partial charge in [0.2, 0.25) is 0 Å². The van der Waals surface area contributed by atoms with Crippen LogP contribution in [0.4, 0.5) is 17.1 Å². The fraction of sp³-hybridized carbons (Fsp3) is 0.0169.